The Balaban J connectivity index is 2.22. The number of aromatic amines is 1. The van der Waals surface area contributed by atoms with Crippen LogP contribution in [0.15, 0.2) is 33.8 Å². The van der Waals surface area contributed by atoms with Gasteiger partial charge in [0.05, 0.1) is 0 Å². The lowest BCUT2D eigenvalue weighted by molar-refractivity contribution is -0.120. The second-order valence-electron chi connectivity index (χ2n) is 3.99. The molecule has 0 aromatic carbocycles. The lowest BCUT2D eigenvalue weighted by Crippen LogP contribution is -2.34. The molecule has 2 aromatic heterocycles. The van der Waals surface area contributed by atoms with Gasteiger partial charge in [0.2, 0.25) is 0 Å². The van der Waals surface area contributed by atoms with Crippen molar-refractivity contribution in [3.8, 4) is 0 Å². The highest BCUT2D eigenvalue weighted by Gasteiger charge is 2.31. The number of alkyl halides is 3. The molecule has 0 aliphatic carbocycles. The quantitative estimate of drug-likeness (QED) is 0.882. The number of nitrogens with zero attached hydrogens (tertiary/aromatic N) is 2. The number of H-pyrrole nitrogens is 1. The van der Waals surface area contributed by atoms with Gasteiger partial charge >= 0.3 is 11.9 Å². The van der Waals surface area contributed by atoms with Crippen LogP contribution in [0.4, 0.5) is 19.0 Å². The Morgan fingerprint density at radius 2 is 2.15 bits per heavy atom. The Morgan fingerprint density at radius 1 is 1.40 bits per heavy atom. The third kappa shape index (κ3) is 4.02. The van der Waals surface area contributed by atoms with E-state index in [-0.39, 0.29) is 17.5 Å². The molecule has 0 fully saturated rings. The molecule has 0 radical (unpaired) electrons. The maximum atomic E-state index is 12.6. The number of pyridine rings is 1. The van der Waals surface area contributed by atoms with Crippen molar-refractivity contribution in [1.82, 2.24) is 9.97 Å². The molecule has 0 saturated carbocycles. The molecule has 2 aromatic rings. The van der Waals surface area contributed by atoms with Crippen LogP contribution in [0.5, 0.6) is 0 Å². The van der Waals surface area contributed by atoms with E-state index in [0.29, 0.717) is 5.56 Å². The van der Waals surface area contributed by atoms with Crippen molar-refractivity contribution in [2.75, 3.05) is 11.4 Å². The van der Waals surface area contributed by atoms with Gasteiger partial charge in [-0.05, 0) is 11.6 Å². The number of anilines is 1. The van der Waals surface area contributed by atoms with E-state index in [0.717, 1.165) is 11.2 Å². The first kappa shape index (κ1) is 14.4. The van der Waals surface area contributed by atoms with Crippen LogP contribution in [-0.4, -0.2) is 22.7 Å². The Kier molecular flexibility index (Phi) is 4.03. The summed E-state index contributed by atoms with van der Waals surface area (Å²) in [5, 5.41) is 0.243. The van der Waals surface area contributed by atoms with Crippen molar-refractivity contribution in [2.45, 2.75) is 12.7 Å². The Hall–Kier alpha value is -1.96. The van der Waals surface area contributed by atoms with Crippen LogP contribution in [0.1, 0.15) is 5.56 Å². The van der Waals surface area contributed by atoms with Crippen molar-refractivity contribution in [1.29, 1.82) is 0 Å². The van der Waals surface area contributed by atoms with Gasteiger partial charge < -0.3 is 9.32 Å². The number of halogens is 4. The maximum Gasteiger partial charge on any atom is 0.417 e. The van der Waals surface area contributed by atoms with Gasteiger partial charge in [0, 0.05) is 12.7 Å². The van der Waals surface area contributed by atoms with Crippen LogP contribution in [0.2, 0.25) is 5.15 Å². The molecule has 2 rings (SSSR count). The molecule has 0 unspecified atom stereocenters. The van der Waals surface area contributed by atoms with Gasteiger partial charge in [0.25, 0.3) is 0 Å². The predicted octanol–water partition coefficient (Wildman–Crippen LogP) is 2.59. The van der Waals surface area contributed by atoms with Crippen molar-refractivity contribution < 1.29 is 17.6 Å². The van der Waals surface area contributed by atoms with Gasteiger partial charge in [-0.2, -0.15) is 13.2 Å². The monoisotopic (exact) mass is 307 g/mol. The molecule has 0 amide bonds. The topological polar surface area (TPSA) is 62.1 Å². The van der Waals surface area contributed by atoms with Gasteiger partial charge in [-0.15, -0.1) is 0 Å². The molecular weight excluding hydrogens is 299 g/mol. The molecule has 108 valence electrons. The average molecular weight is 308 g/mol. The molecule has 2 heterocycles. The molecular formula is C11H9ClF3N3O2. The summed E-state index contributed by atoms with van der Waals surface area (Å²) in [7, 11) is 0. The molecule has 1 N–H and O–H groups in total. The summed E-state index contributed by atoms with van der Waals surface area (Å²) in [6.45, 7) is -1.33. The molecule has 0 bridgehead atoms. The van der Waals surface area contributed by atoms with E-state index in [4.69, 9.17) is 11.6 Å². The van der Waals surface area contributed by atoms with Crippen LogP contribution in [0.3, 0.4) is 0 Å². The highest BCUT2D eigenvalue weighted by Crippen LogP contribution is 2.22. The van der Waals surface area contributed by atoms with E-state index in [1.807, 2.05) is 0 Å². The molecule has 20 heavy (non-hydrogen) atoms. The lowest BCUT2D eigenvalue weighted by atomic mass is 10.2. The van der Waals surface area contributed by atoms with Crippen LogP contribution >= 0.6 is 11.6 Å². The smallest absolute Gasteiger partial charge is 0.414 e. The van der Waals surface area contributed by atoms with Crippen molar-refractivity contribution in [2.24, 2.45) is 0 Å². The largest absolute Gasteiger partial charge is 0.417 e. The fraction of sp³-hybridized carbons (Fsp3) is 0.273. The Morgan fingerprint density at radius 3 is 2.65 bits per heavy atom. The average Bonchev–Trinajstić information content (AvgIpc) is 2.76. The minimum atomic E-state index is -4.42. The molecule has 0 atom stereocenters. The Bertz CT molecular complexity index is 621. The highest BCUT2D eigenvalue weighted by atomic mass is 35.5. The molecule has 5 nitrogen and oxygen atoms in total. The minimum absolute atomic E-state index is 0.0534. The zero-order chi connectivity index (χ0) is 14.8. The van der Waals surface area contributed by atoms with Crippen LogP contribution in [0, 0.1) is 0 Å². The summed E-state index contributed by atoms with van der Waals surface area (Å²) in [4.78, 5) is 17.8. The van der Waals surface area contributed by atoms with E-state index in [1.54, 1.807) is 6.07 Å². The number of hydrogen-bond donors (Lipinski definition) is 1. The number of nitrogens with one attached hydrogen (secondary N) is 1. The van der Waals surface area contributed by atoms with E-state index in [1.165, 1.54) is 12.3 Å². The minimum Gasteiger partial charge on any atom is -0.414 e. The van der Waals surface area contributed by atoms with E-state index in [2.05, 4.69) is 14.4 Å². The number of oxazole rings is 1. The Labute approximate surface area is 116 Å². The second-order valence-corrected chi connectivity index (χ2v) is 4.38. The van der Waals surface area contributed by atoms with Gasteiger partial charge in [0.1, 0.15) is 23.8 Å². The standard InChI is InChI=1S/C11H9ClF3N3O2/c12-8-2-1-7(3-16-8)4-18(6-11(13,14)15)9-5-20-10(19)17-9/h1-3,5H,4,6H2,(H,17,19). The fourth-order valence-electron chi connectivity index (χ4n) is 1.59. The second kappa shape index (κ2) is 5.58. The first-order chi connectivity index (χ1) is 9.33. The summed E-state index contributed by atoms with van der Waals surface area (Å²) < 4.78 is 42.2. The van der Waals surface area contributed by atoms with Crippen LogP contribution < -0.4 is 10.7 Å². The van der Waals surface area contributed by atoms with Crippen LogP contribution in [-0.2, 0) is 6.54 Å². The lowest BCUT2D eigenvalue weighted by Gasteiger charge is -2.23. The normalized spacial score (nSPS) is 11.6. The van der Waals surface area contributed by atoms with Gasteiger partial charge in [0.15, 0.2) is 0 Å². The summed E-state index contributed by atoms with van der Waals surface area (Å²) in [6, 6.07) is 3.03. The summed E-state index contributed by atoms with van der Waals surface area (Å²) in [6.07, 6.45) is -2.12. The van der Waals surface area contributed by atoms with Gasteiger partial charge in [-0.25, -0.2) is 9.78 Å². The van der Waals surface area contributed by atoms with E-state index < -0.39 is 18.5 Å². The molecule has 0 aliphatic rings. The van der Waals surface area contributed by atoms with Gasteiger partial charge in [-0.1, -0.05) is 17.7 Å². The molecule has 0 spiro atoms. The summed E-state index contributed by atoms with van der Waals surface area (Å²) in [5.41, 5.74) is 0.515. The number of aromatic nitrogens is 2. The SMILES string of the molecule is O=c1[nH]c(N(Cc2ccc(Cl)nc2)CC(F)(F)F)co1. The molecule has 9 heteroatoms. The van der Waals surface area contributed by atoms with Crippen LogP contribution in [0.25, 0.3) is 0 Å². The highest BCUT2D eigenvalue weighted by molar-refractivity contribution is 6.29. The molecule has 0 saturated heterocycles. The predicted molar refractivity (Wildman–Crippen MR) is 65.7 cm³/mol. The first-order valence-corrected chi connectivity index (χ1v) is 5.81. The van der Waals surface area contributed by atoms with Crippen molar-refractivity contribution in [3.63, 3.8) is 0 Å². The van der Waals surface area contributed by atoms with E-state index in [9.17, 15) is 18.0 Å². The molecule has 0 aliphatic heterocycles. The zero-order valence-corrected chi connectivity index (χ0v) is 10.7. The third-order valence-corrected chi connectivity index (χ3v) is 2.60. The third-order valence-electron chi connectivity index (χ3n) is 2.38. The maximum absolute atomic E-state index is 12.6. The zero-order valence-electron chi connectivity index (χ0n) is 9.95. The fourth-order valence-corrected chi connectivity index (χ4v) is 1.70. The van der Waals surface area contributed by atoms with Crippen molar-refractivity contribution in [3.05, 3.63) is 45.9 Å². The van der Waals surface area contributed by atoms with Gasteiger partial charge in [-0.3, -0.25) is 4.98 Å². The summed E-state index contributed by atoms with van der Waals surface area (Å²) in [5.74, 6) is -0.872. The summed E-state index contributed by atoms with van der Waals surface area (Å²) >= 11 is 5.61. The van der Waals surface area contributed by atoms with Crippen molar-refractivity contribution >= 4 is 17.4 Å². The van der Waals surface area contributed by atoms with E-state index >= 15 is 0 Å². The number of hydrogen-bond acceptors (Lipinski definition) is 4. The first-order valence-electron chi connectivity index (χ1n) is 5.43. The number of rotatable bonds is 4.